The average Bonchev–Trinajstić information content (AvgIpc) is 2.71. The maximum Gasteiger partial charge on any atom is 0.416 e. The first-order valence-corrected chi connectivity index (χ1v) is 6.06. The van der Waals surface area contributed by atoms with Crippen molar-refractivity contribution in [2.24, 2.45) is 0 Å². The van der Waals surface area contributed by atoms with Gasteiger partial charge in [0.2, 0.25) is 0 Å². The standard InChI is InChI=1S/C12H10ClF3N4O/c1-5-9(17)10(20-19-5)11(21)18-8-4-6(12(14,15)16)2-3-7(8)13/h2-4H,17H2,1H3,(H,18,21)(H,19,20). The lowest BCUT2D eigenvalue weighted by Gasteiger charge is -2.11. The highest BCUT2D eigenvalue weighted by molar-refractivity contribution is 6.34. The van der Waals surface area contributed by atoms with Crippen molar-refractivity contribution in [3.8, 4) is 0 Å². The first-order chi connectivity index (χ1) is 9.70. The highest BCUT2D eigenvalue weighted by atomic mass is 35.5. The number of hydrogen-bond acceptors (Lipinski definition) is 3. The van der Waals surface area contributed by atoms with Crippen molar-refractivity contribution in [3.05, 3.63) is 40.2 Å². The number of nitrogens with zero attached hydrogens (tertiary/aromatic N) is 1. The average molecular weight is 319 g/mol. The number of alkyl halides is 3. The van der Waals surface area contributed by atoms with Crippen LogP contribution in [0.15, 0.2) is 18.2 Å². The van der Waals surface area contributed by atoms with E-state index in [0.29, 0.717) is 5.69 Å². The first-order valence-electron chi connectivity index (χ1n) is 5.68. The molecule has 0 spiro atoms. The minimum atomic E-state index is -4.54. The molecule has 0 radical (unpaired) electrons. The van der Waals surface area contributed by atoms with Gasteiger partial charge in [-0.05, 0) is 25.1 Å². The number of aromatic nitrogens is 2. The van der Waals surface area contributed by atoms with E-state index in [4.69, 9.17) is 17.3 Å². The lowest BCUT2D eigenvalue weighted by atomic mass is 10.2. The minimum absolute atomic E-state index is 0.0258. The van der Waals surface area contributed by atoms with Gasteiger partial charge in [-0.3, -0.25) is 9.89 Å². The molecule has 2 aromatic rings. The summed E-state index contributed by atoms with van der Waals surface area (Å²) in [4.78, 5) is 11.9. The number of anilines is 2. The number of aromatic amines is 1. The molecule has 112 valence electrons. The number of carbonyl (C=O) groups is 1. The third-order valence-electron chi connectivity index (χ3n) is 2.75. The van der Waals surface area contributed by atoms with Gasteiger partial charge in [0.15, 0.2) is 5.69 Å². The van der Waals surface area contributed by atoms with Crippen LogP contribution >= 0.6 is 11.6 Å². The van der Waals surface area contributed by atoms with Crippen molar-refractivity contribution in [3.63, 3.8) is 0 Å². The van der Waals surface area contributed by atoms with Gasteiger partial charge in [-0.25, -0.2) is 0 Å². The van der Waals surface area contributed by atoms with Crippen LogP contribution in [0, 0.1) is 6.92 Å². The molecule has 9 heteroatoms. The van der Waals surface area contributed by atoms with E-state index in [-0.39, 0.29) is 22.1 Å². The number of halogens is 4. The van der Waals surface area contributed by atoms with E-state index >= 15 is 0 Å². The zero-order chi connectivity index (χ0) is 15.8. The van der Waals surface area contributed by atoms with E-state index in [0.717, 1.165) is 18.2 Å². The van der Waals surface area contributed by atoms with Gasteiger partial charge in [0.05, 0.1) is 27.7 Å². The van der Waals surface area contributed by atoms with Crippen molar-refractivity contribution in [1.82, 2.24) is 10.2 Å². The van der Waals surface area contributed by atoms with Crippen molar-refractivity contribution in [2.45, 2.75) is 13.1 Å². The van der Waals surface area contributed by atoms with Crippen LogP contribution in [0.5, 0.6) is 0 Å². The Balaban J connectivity index is 2.31. The molecule has 1 aromatic heterocycles. The molecular weight excluding hydrogens is 309 g/mol. The third kappa shape index (κ3) is 3.10. The lowest BCUT2D eigenvalue weighted by Crippen LogP contribution is -2.15. The summed E-state index contributed by atoms with van der Waals surface area (Å²) in [5, 5.41) is 8.42. The fourth-order valence-electron chi connectivity index (χ4n) is 1.59. The van der Waals surface area contributed by atoms with E-state index in [1.807, 2.05) is 0 Å². The van der Waals surface area contributed by atoms with Crippen LogP contribution in [0.4, 0.5) is 24.5 Å². The summed E-state index contributed by atoms with van der Waals surface area (Å²) >= 11 is 5.78. The molecular formula is C12H10ClF3N4O. The molecule has 0 fully saturated rings. The smallest absolute Gasteiger partial charge is 0.395 e. The molecule has 0 aliphatic heterocycles. The zero-order valence-electron chi connectivity index (χ0n) is 10.7. The van der Waals surface area contributed by atoms with Gasteiger partial charge in [0.25, 0.3) is 5.91 Å². The van der Waals surface area contributed by atoms with Gasteiger partial charge in [-0.2, -0.15) is 18.3 Å². The fourth-order valence-corrected chi connectivity index (χ4v) is 1.75. The third-order valence-corrected chi connectivity index (χ3v) is 3.08. The lowest BCUT2D eigenvalue weighted by molar-refractivity contribution is -0.137. The second-order valence-corrected chi connectivity index (χ2v) is 4.66. The molecule has 2 rings (SSSR count). The van der Waals surface area contributed by atoms with Crippen LogP contribution in [0.3, 0.4) is 0 Å². The van der Waals surface area contributed by atoms with Crippen LogP contribution in [0.2, 0.25) is 5.02 Å². The molecule has 0 saturated carbocycles. The fraction of sp³-hybridized carbons (Fsp3) is 0.167. The molecule has 21 heavy (non-hydrogen) atoms. The summed E-state index contributed by atoms with van der Waals surface area (Å²) < 4.78 is 37.9. The molecule has 0 bridgehead atoms. The van der Waals surface area contributed by atoms with E-state index in [1.165, 1.54) is 0 Å². The molecule has 1 heterocycles. The molecule has 1 amide bonds. The maximum atomic E-state index is 12.6. The normalized spacial score (nSPS) is 11.5. The van der Waals surface area contributed by atoms with E-state index < -0.39 is 17.6 Å². The number of benzene rings is 1. The number of nitrogen functional groups attached to an aromatic ring is 1. The molecule has 1 aromatic carbocycles. The second-order valence-electron chi connectivity index (χ2n) is 4.26. The number of nitrogens with two attached hydrogens (primary N) is 1. The van der Waals surface area contributed by atoms with Crippen molar-refractivity contribution < 1.29 is 18.0 Å². The Kier molecular flexibility index (Phi) is 3.82. The summed E-state index contributed by atoms with van der Waals surface area (Å²) in [5.74, 6) is -0.752. The van der Waals surface area contributed by atoms with Gasteiger partial charge in [0.1, 0.15) is 0 Å². The molecule has 0 aliphatic carbocycles. The quantitative estimate of drug-likeness (QED) is 0.795. The molecule has 0 aliphatic rings. The topological polar surface area (TPSA) is 83.8 Å². The Morgan fingerprint density at radius 3 is 2.62 bits per heavy atom. The van der Waals surface area contributed by atoms with Gasteiger partial charge < -0.3 is 11.1 Å². The SMILES string of the molecule is Cc1[nH]nc(C(=O)Nc2cc(C(F)(F)F)ccc2Cl)c1N. The summed E-state index contributed by atoms with van der Waals surface area (Å²) in [6.45, 7) is 1.61. The van der Waals surface area contributed by atoms with E-state index in [1.54, 1.807) is 6.92 Å². The number of hydrogen-bond donors (Lipinski definition) is 3. The molecule has 0 unspecified atom stereocenters. The first kappa shape index (κ1) is 15.2. The zero-order valence-corrected chi connectivity index (χ0v) is 11.4. The van der Waals surface area contributed by atoms with Crippen LogP contribution in [-0.4, -0.2) is 16.1 Å². The Morgan fingerprint density at radius 1 is 1.43 bits per heavy atom. The largest absolute Gasteiger partial charge is 0.416 e. The molecule has 5 nitrogen and oxygen atoms in total. The van der Waals surface area contributed by atoms with Gasteiger partial charge >= 0.3 is 6.18 Å². The number of amides is 1. The highest BCUT2D eigenvalue weighted by Crippen LogP contribution is 2.34. The Morgan fingerprint density at radius 2 is 2.10 bits per heavy atom. The van der Waals surface area contributed by atoms with Crippen LogP contribution in [-0.2, 0) is 6.18 Å². The van der Waals surface area contributed by atoms with Crippen molar-refractivity contribution >= 4 is 28.9 Å². The van der Waals surface area contributed by atoms with Gasteiger partial charge in [-0.1, -0.05) is 11.6 Å². The number of nitrogens with one attached hydrogen (secondary N) is 2. The Hall–Kier alpha value is -2.22. The monoisotopic (exact) mass is 318 g/mol. The van der Waals surface area contributed by atoms with E-state index in [2.05, 4.69) is 15.5 Å². The Labute approximate surface area is 122 Å². The molecule has 0 saturated heterocycles. The van der Waals surface area contributed by atoms with Crippen LogP contribution < -0.4 is 11.1 Å². The Bertz CT molecular complexity index is 696. The number of H-pyrrole nitrogens is 1. The summed E-state index contributed by atoms with van der Waals surface area (Å²) in [6.07, 6.45) is -4.54. The summed E-state index contributed by atoms with van der Waals surface area (Å²) in [6, 6.07) is 2.63. The minimum Gasteiger partial charge on any atom is -0.395 e. The molecule has 4 N–H and O–H groups in total. The van der Waals surface area contributed by atoms with E-state index in [9.17, 15) is 18.0 Å². The second kappa shape index (κ2) is 5.28. The van der Waals surface area contributed by atoms with Crippen molar-refractivity contribution in [1.29, 1.82) is 0 Å². The predicted octanol–water partition coefficient (Wildman–Crippen LogP) is 3.22. The van der Waals surface area contributed by atoms with Gasteiger partial charge in [-0.15, -0.1) is 0 Å². The van der Waals surface area contributed by atoms with Crippen LogP contribution in [0.1, 0.15) is 21.7 Å². The summed E-state index contributed by atoms with van der Waals surface area (Å²) in [7, 11) is 0. The predicted molar refractivity (Wildman–Crippen MR) is 72.1 cm³/mol. The molecule has 0 atom stereocenters. The number of rotatable bonds is 2. The number of aryl methyl sites for hydroxylation is 1. The summed E-state index contributed by atoms with van der Waals surface area (Å²) in [5.41, 5.74) is 5.03. The van der Waals surface area contributed by atoms with Gasteiger partial charge in [0, 0.05) is 0 Å². The highest BCUT2D eigenvalue weighted by Gasteiger charge is 2.31. The maximum absolute atomic E-state index is 12.6. The number of carbonyl (C=O) groups excluding carboxylic acids is 1. The van der Waals surface area contributed by atoms with Crippen molar-refractivity contribution in [2.75, 3.05) is 11.1 Å². The van der Waals surface area contributed by atoms with Crippen LogP contribution in [0.25, 0.3) is 0 Å².